The van der Waals surface area contributed by atoms with Gasteiger partial charge in [-0.05, 0) is 6.92 Å². The van der Waals surface area contributed by atoms with Crippen molar-refractivity contribution in [2.45, 2.75) is 30.4 Å². The van der Waals surface area contributed by atoms with Crippen molar-refractivity contribution in [3.63, 3.8) is 0 Å². The zero-order chi connectivity index (χ0) is 15.6. The fourth-order valence-electron chi connectivity index (χ4n) is 1.91. The normalized spacial score (nSPS) is 24.0. The van der Waals surface area contributed by atoms with Gasteiger partial charge in [0.2, 0.25) is 15.4 Å². The Morgan fingerprint density at radius 3 is 2.86 bits per heavy atom. The molecule has 2 heterocycles. The average Bonchev–Trinajstić information content (AvgIpc) is 2.86. The van der Waals surface area contributed by atoms with E-state index in [0.29, 0.717) is 5.33 Å². The first kappa shape index (κ1) is 16.7. The molecule has 1 aromatic heterocycles. The third kappa shape index (κ3) is 3.97. The Hall–Kier alpha value is -0.620. The summed E-state index contributed by atoms with van der Waals surface area (Å²) >= 11 is 4.14. The third-order valence-corrected chi connectivity index (χ3v) is 6.45. The van der Waals surface area contributed by atoms with Gasteiger partial charge in [0, 0.05) is 25.3 Å². The van der Waals surface area contributed by atoms with Crippen LogP contribution in [0.4, 0.5) is 5.13 Å². The summed E-state index contributed by atoms with van der Waals surface area (Å²) in [4.78, 5) is 10.9. The first-order valence-electron chi connectivity index (χ1n) is 6.15. The molecule has 0 radical (unpaired) electrons. The first-order valence-corrected chi connectivity index (χ1v) is 9.53. The van der Waals surface area contributed by atoms with E-state index in [-0.39, 0.29) is 40.7 Å². The van der Waals surface area contributed by atoms with Gasteiger partial charge in [0.05, 0.1) is 12.2 Å². The van der Waals surface area contributed by atoms with Crippen LogP contribution in [0.15, 0.2) is 4.34 Å². The molecule has 2 rings (SSSR count). The summed E-state index contributed by atoms with van der Waals surface area (Å²) < 4.78 is 31.9. The number of alkyl halides is 1. The number of ether oxygens (including phenoxy) is 1. The molecule has 11 heteroatoms. The van der Waals surface area contributed by atoms with Crippen molar-refractivity contribution in [3.05, 3.63) is 0 Å². The van der Waals surface area contributed by atoms with E-state index in [0.717, 1.165) is 11.3 Å². The summed E-state index contributed by atoms with van der Waals surface area (Å²) in [6, 6.07) is 0. The van der Waals surface area contributed by atoms with Crippen LogP contribution in [-0.4, -0.2) is 59.5 Å². The average molecular weight is 399 g/mol. The molecule has 8 nitrogen and oxygen atoms in total. The number of carbonyl (C=O) groups is 1. The van der Waals surface area contributed by atoms with Crippen molar-refractivity contribution >= 4 is 48.3 Å². The molecule has 21 heavy (non-hydrogen) atoms. The van der Waals surface area contributed by atoms with Crippen molar-refractivity contribution in [1.82, 2.24) is 14.5 Å². The lowest BCUT2D eigenvalue weighted by Crippen LogP contribution is -2.49. The molecule has 0 spiro atoms. The lowest BCUT2D eigenvalue weighted by Gasteiger charge is -2.34. The van der Waals surface area contributed by atoms with Crippen LogP contribution in [0, 0.1) is 0 Å². The van der Waals surface area contributed by atoms with E-state index in [9.17, 15) is 13.2 Å². The van der Waals surface area contributed by atoms with Crippen molar-refractivity contribution in [3.8, 4) is 0 Å². The molecule has 0 aromatic carbocycles. The second kappa shape index (κ2) is 6.65. The van der Waals surface area contributed by atoms with Gasteiger partial charge in [-0.2, -0.15) is 4.31 Å². The van der Waals surface area contributed by atoms with Gasteiger partial charge in [-0.15, -0.1) is 10.2 Å². The SMILES string of the molecule is CC(=O)Nc1nnc(S(=O)(=O)N2CC(C)OC(CBr)C2)s1. The second-order valence-electron chi connectivity index (χ2n) is 4.60. The molecule has 2 atom stereocenters. The highest BCUT2D eigenvalue weighted by atomic mass is 79.9. The Balaban J connectivity index is 2.20. The number of halogens is 1. The molecule has 1 amide bonds. The van der Waals surface area contributed by atoms with E-state index >= 15 is 0 Å². The highest BCUT2D eigenvalue weighted by Gasteiger charge is 2.35. The number of sulfonamides is 1. The minimum Gasteiger partial charge on any atom is -0.372 e. The van der Waals surface area contributed by atoms with E-state index < -0.39 is 10.0 Å². The highest BCUT2D eigenvalue weighted by Crippen LogP contribution is 2.26. The Bertz CT molecular complexity index is 620. The van der Waals surface area contributed by atoms with Crippen molar-refractivity contribution < 1.29 is 17.9 Å². The van der Waals surface area contributed by atoms with E-state index in [1.165, 1.54) is 11.2 Å². The molecule has 1 fully saturated rings. The fourth-order valence-corrected chi connectivity index (χ4v) is 4.90. The van der Waals surface area contributed by atoms with Crippen LogP contribution in [0.5, 0.6) is 0 Å². The zero-order valence-electron chi connectivity index (χ0n) is 11.4. The Morgan fingerprint density at radius 2 is 2.24 bits per heavy atom. The maximum absolute atomic E-state index is 12.5. The van der Waals surface area contributed by atoms with E-state index in [1.54, 1.807) is 0 Å². The molecular formula is C10H15BrN4O4S2. The van der Waals surface area contributed by atoms with Crippen LogP contribution in [0.1, 0.15) is 13.8 Å². The topological polar surface area (TPSA) is 101 Å². The molecular weight excluding hydrogens is 384 g/mol. The number of nitrogens with one attached hydrogen (secondary N) is 1. The molecule has 1 N–H and O–H groups in total. The van der Waals surface area contributed by atoms with Crippen molar-refractivity contribution in [2.75, 3.05) is 23.7 Å². The Morgan fingerprint density at radius 1 is 1.52 bits per heavy atom. The van der Waals surface area contributed by atoms with E-state index in [2.05, 4.69) is 31.4 Å². The standard InChI is InChI=1S/C10H15BrN4O4S2/c1-6-4-15(5-8(3-11)19-6)21(17,18)10-14-13-9(20-10)12-7(2)16/h6,8H,3-5H2,1-2H3,(H,12,13,16). The number of amides is 1. The highest BCUT2D eigenvalue weighted by molar-refractivity contribution is 9.09. The largest absolute Gasteiger partial charge is 0.372 e. The van der Waals surface area contributed by atoms with Crippen LogP contribution in [0.3, 0.4) is 0 Å². The fraction of sp³-hybridized carbons (Fsp3) is 0.700. The van der Waals surface area contributed by atoms with Gasteiger partial charge in [0.25, 0.3) is 10.0 Å². The van der Waals surface area contributed by atoms with Gasteiger partial charge in [0.15, 0.2) is 0 Å². The smallest absolute Gasteiger partial charge is 0.272 e. The first-order chi connectivity index (χ1) is 9.82. The predicted octanol–water partition coefficient (Wildman–Crippen LogP) is 0.669. The molecule has 1 saturated heterocycles. The number of aromatic nitrogens is 2. The number of rotatable bonds is 4. The van der Waals surface area contributed by atoms with Crippen LogP contribution in [0.2, 0.25) is 0 Å². The molecule has 2 unspecified atom stereocenters. The van der Waals surface area contributed by atoms with Crippen molar-refractivity contribution in [1.29, 1.82) is 0 Å². The summed E-state index contributed by atoms with van der Waals surface area (Å²) in [5.41, 5.74) is 0. The number of nitrogens with zero attached hydrogens (tertiary/aromatic N) is 3. The maximum Gasteiger partial charge on any atom is 0.272 e. The van der Waals surface area contributed by atoms with Crippen LogP contribution < -0.4 is 5.32 Å². The van der Waals surface area contributed by atoms with Gasteiger partial charge in [-0.3, -0.25) is 4.79 Å². The van der Waals surface area contributed by atoms with Gasteiger partial charge in [-0.1, -0.05) is 27.3 Å². The van der Waals surface area contributed by atoms with E-state index in [1.807, 2.05) is 6.92 Å². The lowest BCUT2D eigenvalue weighted by molar-refractivity contribution is -0.114. The molecule has 1 aliphatic rings. The summed E-state index contributed by atoms with van der Waals surface area (Å²) in [7, 11) is -3.73. The predicted molar refractivity (Wildman–Crippen MR) is 81.1 cm³/mol. The Kier molecular flexibility index (Phi) is 5.30. The van der Waals surface area contributed by atoms with Crippen LogP contribution in [0.25, 0.3) is 0 Å². The number of hydrogen-bond acceptors (Lipinski definition) is 7. The maximum atomic E-state index is 12.5. The van der Waals surface area contributed by atoms with Gasteiger partial charge < -0.3 is 10.1 Å². The minimum atomic E-state index is -3.73. The molecule has 0 aliphatic carbocycles. The van der Waals surface area contributed by atoms with Gasteiger partial charge in [0.1, 0.15) is 0 Å². The summed E-state index contributed by atoms with van der Waals surface area (Å²) in [5, 5.41) is 10.5. The van der Waals surface area contributed by atoms with Crippen molar-refractivity contribution in [2.24, 2.45) is 0 Å². The minimum absolute atomic E-state index is 0.131. The van der Waals surface area contributed by atoms with Crippen LogP contribution in [-0.2, 0) is 19.6 Å². The number of carbonyl (C=O) groups excluding carboxylic acids is 1. The number of morpholine rings is 1. The molecule has 0 saturated carbocycles. The molecule has 118 valence electrons. The number of anilines is 1. The third-order valence-electron chi connectivity index (χ3n) is 2.71. The zero-order valence-corrected chi connectivity index (χ0v) is 14.7. The summed E-state index contributed by atoms with van der Waals surface area (Å²) in [5.74, 6) is -0.325. The van der Waals surface area contributed by atoms with E-state index in [4.69, 9.17) is 4.74 Å². The summed E-state index contributed by atoms with van der Waals surface area (Å²) in [6.45, 7) is 3.66. The summed E-state index contributed by atoms with van der Waals surface area (Å²) in [6.07, 6.45) is -0.398. The number of hydrogen-bond donors (Lipinski definition) is 1. The molecule has 1 aliphatic heterocycles. The van der Waals surface area contributed by atoms with Gasteiger partial charge in [-0.25, -0.2) is 8.42 Å². The second-order valence-corrected chi connectivity index (χ2v) is 8.34. The molecule has 0 bridgehead atoms. The lowest BCUT2D eigenvalue weighted by atomic mass is 10.3. The quantitative estimate of drug-likeness (QED) is 0.590. The Labute approximate surface area is 135 Å². The van der Waals surface area contributed by atoms with Crippen LogP contribution >= 0.6 is 27.3 Å². The molecule has 1 aromatic rings. The monoisotopic (exact) mass is 398 g/mol. The van der Waals surface area contributed by atoms with Gasteiger partial charge >= 0.3 is 0 Å².